The zero-order valence-corrected chi connectivity index (χ0v) is 10.1. The molecule has 1 fully saturated rings. The van der Waals surface area contributed by atoms with Crippen molar-refractivity contribution in [3.8, 4) is 0 Å². The number of hydrogen-bond donors (Lipinski definition) is 0. The summed E-state index contributed by atoms with van der Waals surface area (Å²) >= 11 is 0. The monoisotopic (exact) mass is 219 g/mol. The highest BCUT2D eigenvalue weighted by Crippen LogP contribution is 2.27. The molecule has 0 saturated carbocycles. The second kappa shape index (κ2) is 6.02. The molecule has 2 rings (SSSR count). The second-order valence-corrected chi connectivity index (χ2v) is 4.52. The number of nitrogens with zero attached hydrogens (tertiary/aromatic N) is 1. The van der Waals surface area contributed by atoms with E-state index in [1.54, 1.807) is 7.11 Å². The molecule has 1 saturated heterocycles. The minimum Gasteiger partial charge on any atom is -0.383 e. The fourth-order valence-electron chi connectivity index (χ4n) is 2.44. The van der Waals surface area contributed by atoms with Gasteiger partial charge in [-0.05, 0) is 37.4 Å². The Morgan fingerprint density at radius 3 is 2.50 bits per heavy atom. The molecule has 0 amide bonds. The van der Waals surface area contributed by atoms with E-state index in [0.717, 1.165) is 19.1 Å². The van der Waals surface area contributed by atoms with E-state index in [0.29, 0.717) is 0 Å². The highest BCUT2D eigenvalue weighted by atomic mass is 16.5. The summed E-state index contributed by atoms with van der Waals surface area (Å²) in [6, 6.07) is 10.9. The molecule has 88 valence electrons. The number of hydrogen-bond acceptors (Lipinski definition) is 2. The lowest BCUT2D eigenvalue weighted by Crippen LogP contribution is -2.35. The third kappa shape index (κ3) is 3.06. The average Bonchev–Trinajstić information content (AvgIpc) is 2.38. The third-order valence-corrected chi connectivity index (χ3v) is 3.47. The van der Waals surface area contributed by atoms with E-state index in [2.05, 4.69) is 35.2 Å². The first-order valence-corrected chi connectivity index (χ1v) is 6.16. The summed E-state index contributed by atoms with van der Waals surface area (Å²) in [5.41, 5.74) is 1.51. The molecule has 0 bridgehead atoms. The van der Waals surface area contributed by atoms with Gasteiger partial charge in [0.05, 0.1) is 6.61 Å². The minimum absolute atomic E-state index is 0.764. The lowest BCUT2D eigenvalue weighted by atomic mass is 9.89. The van der Waals surface area contributed by atoms with E-state index in [9.17, 15) is 0 Å². The molecule has 1 aromatic carbocycles. The molecule has 0 unspecified atom stereocenters. The quantitative estimate of drug-likeness (QED) is 0.771. The van der Waals surface area contributed by atoms with Gasteiger partial charge in [-0.2, -0.15) is 0 Å². The first-order chi connectivity index (χ1) is 7.90. The van der Waals surface area contributed by atoms with Crippen LogP contribution in [-0.2, 0) is 4.74 Å². The van der Waals surface area contributed by atoms with E-state index in [4.69, 9.17) is 4.74 Å². The summed E-state index contributed by atoms with van der Waals surface area (Å²) in [5, 5.41) is 0. The molecule has 1 aliphatic rings. The van der Waals surface area contributed by atoms with Crippen LogP contribution in [0, 0.1) is 0 Å². The van der Waals surface area contributed by atoms with Crippen LogP contribution in [0.4, 0.5) is 0 Å². The molecule has 0 N–H and O–H groups in total. The normalized spacial score (nSPS) is 18.8. The van der Waals surface area contributed by atoms with Gasteiger partial charge < -0.3 is 9.64 Å². The summed E-state index contributed by atoms with van der Waals surface area (Å²) < 4.78 is 5.11. The number of benzene rings is 1. The topological polar surface area (TPSA) is 12.5 Å². The summed E-state index contributed by atoms with van der Waals surface area (Å²) in [7, 11) is 1.77. The zero-order chi connectivity index (χ0) is 11.2. The highest BCUT2D eigenvalue weighted by Gasteiger charge is 2.19. The first-order valence-electron chi connectivity index (χ1n) is 6.16. The van der Waals surface area contributed by atoms with Gasteiger partial charge in [-0.25, -0.2) is 0 Å². The van der Waals surface area contributed by atoms with Crippen LogP contribution in [0.1, 0.15) is 24.3 Å². The van der Waals surface area contributed by atoms with Gasteiger partial charge in [-0.15, -0.1) is 0 Å². The van der Waals surface area contributed by atoms with Gasteiger partial charge in [-0.1, -0.05) is 30.3 Å². The SMILES string of the molecule is COCCN1CCC(c2ccccc2)CC1. The maximum Gasteiger partial charge on any atom is 0.0589 e. The Kier molecular flexibility index (Phi) is 4.37. The predicted molar refractivity (Wildman–Crippen MR) is 66.7 cm³/mol. The van der Waals surface area contributed by atoms with Crippen LogP contribution in [0.3, 0.4) is 0 Å². The molecular weight excluding hydrogens is 198 g/mol. The van der Waals surface area contributed by atoms with Crippen molar-refractivity contribution in [1.29, 1.82) is 0 Å². The Bertz CT molecular complexity index is 291. The largest absolute Gasteiger partial charge is 0.383 e. The van der Waals surface area contributed by atoms with E-state index in [1.165, 1.54) is 31.5 Å². The number of rotatable bonds is 4. The van der Waals surface area contributed by atoms with Crippen molar-refractivity contribution in [3.63, 3.8) is 0 Å². The number of likely N-dealkylation sites (tertiary alicyclic amines) is 1. The van der Waals surface area contributed by atoms with E-state index >= 15 is 0 Å². The van der Waals surface area contributed by atoms with Crippen molar-refractivity contribution in [2.24, 2.45) is 0 Å². The molecule has 0 spiro atoms. The van der Waals surface area contributed by atoms with Crippen molar-refractivity contribution in [2.75, 3.05) is 33.4 Å². The van der Waals surface area contributed by atoms with Crippen LogP contribution in [-0.4, -0.2) is 38.3 Å². The Morgan fingerprint density at radius 1 is 1.19 bits per heavy atom. The summed E-state index contributed by atoms with van der Waals surface area (Å²) in [6.45, 7) is 4.36. The zero-order valence-electron chi connectivity index (χ0n) is 10.1. The molecule has 0 aromatic heterocycles. The van der Waals surface area contributed by atoms with Gasteiger partial charge in [0.1, 0.15) is 0 Å². The molecule has 1 heterocycles. The molecule has 1 aromatic rings. The van der Waals surface area contributed by atoms with Gasteiger partial charge in [-0.3, -0.25) is 0 Å². The Hall–Kier alpha value is -0.860. The van der Waals surface area contributed by atoms with Gasteiger partial charge >= 0.3 is 0 Å². The van der Waals surface area contributed by atoms with Gasteiger partial charge in [0, 0.05) is 13.7 Å². The fraction of sp³-hybridized carbons (Fsp3) is 0.571. The lowest BCUT2D eigenvalue weighted by molar-refractivity contribution is 0.130. The first kappa shape index (κ1) is 11.6. The van der Waals surface area contributed by atoms with Crippen molar-refractivity contribution in [1.82, 2.24) is 4.90 Å². The summed E-state index contributed by atoms with van der Waals surface area (Å²) in [5.74, 6) is 0.764. The average molecular weight is 219 g/mol. The molecule has 16 heavy (non-hydrogen) atoms. The smallest absolute Gasteiger partial charge is 0.0589 e. The molecule has 2 heteroatoms. The molecule has 0 aliphatic carbocycles. The number of methoxy groups -OCH3 is 1. The van der Waals surface area contributed by atoms with Crippen molar-refractivity contribution in [2.45, 2.75) is 18.8 Å². The van der Waals surface area contributed by atoms with Crippen LogP contribution in [0.25, 0.3) is 0 Å². The molecule has 1 aliphatic heterocycles. The maximum atomic E-state index is 5.11. The van der Waals surface area contributed by atoms with Crippen molar-refractivity contribution in [3.05, 3.63) is 35.9 Å². The Morgan fingerprint density at radius 2 is 1.88 bits per heavy atom. The number of piperidine rings is 1. The van der Waals surface area contributed by atoms with Crippen LogP contribution in [0.5, 0.6) is 0 Å². The maximum absolute atomic E-state index is 5.11. The molecule has 0 atom stereocenters. The van der Waals surface area contributed by atoms with E-state index < -0.39 is 0 Å². The standard InChI is InChI=1S/C14H21NO/c1-16-12-11-15-9-7-14(8-10-15)13-5-3-2-4-6-13/h2-6,14H,7-12H2,1H3. The molecular formula is C14H21NO. The van der Waals surface area contributed by atoms with E-state index in [1.807, 2.05) is 0 Å². The molecule has 2 nitrogen and oxygen atoms in total. The number of ether oxygens (including phenoxy) is 1. The third-order valence-electron chi connectivity index (χ3n) is 3.47. The summed E-state index contributed by atoms with van der Waals surface area (Å²) in [4.78, 5) is 2.50. The second-order valence-electron chi connectivity index (χ2n) is 4.52. The summed E-state index contributed by atoms with van der Waals surface area (Å²) in [6.07, 6.45) is 2.57. The predicted octanol–water partition coefficient (Wildman–Crippen LogP) is 2.51. The van der Waals surface area contributed by atoms with Crippen LogP contribution >= 0.6 is 0 Å². The minimum atomic E-state index is 0.764. The van der Waals surface area contributed by atoms with Gasteiger partial charge in [0.25, 0.3) is 0 Å². The van der Waals surface area contributed by atoms with E-state index in [-0.39, 0.29) is 0 Å². The van der Waals surface area contributed by atoms with Crippen LogP contribution in [0.15, 0.2) is 30.3 Å². The Labute approximate surface area is 98.2 Å². The fourth-order valence-corrected chi connectivity index (χ4v) is 2.44. The Balaban J connectivity index is 1.81. The lowest BCUT2D eigenvalue weighted by Gasteiger charge is -2.31. The molecule has 0 radical (unpaired) electrons. The highest BCUT2D eigenvalue weighted by molar-refractivity contribution is 5.19. The van der Waals surface area contributed by atoms with Crippen LogP contribution < -0.4 is 0 Å². The van der Waals surface area contributed by atoms with Gasteiger partial charge in [0.2, 0.25) is 0 Å². The van der Waals surface area contributed by atoms with Crippen molar-refractivity contribution < 1.29 is 4.74 Å². The van der Waals surface area contributed by atoms with Gasteiger partial charge in [0.15, 0.2) is 0 Å². The van der Waals surface area contributed by atoms with Crippen molar-refractivity contribution >= 4 is 0 Å². The van der Waals surface area contributed by atoms with Crippen LogP contribution in [0.2, 0.25) is 0 Å².